The average Bonchev–Trinajstić information content (AvgIpc) is 2.74. The van der Waals surface area contributed by atoms with Crippen molar-refractivity contribution in [2.45, 2.75) is 38.1 Å². The lowest BCUT2D eigenvalue weighted by Gasteiger charge is -2.36. The number of rotatable bonds is 2. The molecule has 0 spiro atoms. The molecule has 0 aromatic rings. The van der Waals surface area contributed by atoms with E-state index >= 15 is 0 Å². The van der Waals surface area contributed by atoms with Crippen LogP contribution >= 0.6 is 0 Å². The molecule has 18 heavy (non-hydrogen) atoms. The Morgan fingerprint density at radius 2 is 1.89 bits per heavy atom. The molecule has 3 rings (SSSR count). The summed E-state index contributed by atoms with van der Waals surface area (Å²) in [6.45, 7) is 6.11. The van der Waals surface area contributed by atoms with Gasteiger partial charge in [-0.1, -0.05) is 6.42 Å². The van der Waals surface area contributed by atoms with Crippen LogP contribution in [0, 0.1) is 5.92 Å². The normalized spacial score (nSPS) is 31.1. The number of amides is 1. The maximum Gasteiger partial charge on any atom is 0.227 e. The molecule has 2 saturated heterocycles. The molecule has 4 nitrogen and oxygen atoms in total. The summed E-state index contributed by atoms with van der Waals surface area (Å²) in [6, 6.07) is 0.827. The van der Waals surface area contributed by atoms with Gasteiger partial charge in [-0.25, -0.2) is 0 Å². The Hall–Kier alpha value is -0.610. The molecule has 1 atom stereocenters. The monoisotopic (exact) mass is 251 g/mol. The lowest BCUT2D eigenvalue weighted by Crippen LogP contribution is -2.43. The van der Waals surface area contributed by atoms with E-state index in [4.69, 9.17) is 0 Å². The molecule has 0 unspecified atom stereocenters. The third-order valence-electron chi connectivity index (χ3n) is 4.84. The summed E-state index contributed by atoms with van der Waals surface area (Å²) < 4.78 is 0. The maximum atomic E-state index is 12.4. The van der Waals surface area contributed by atoms with Gasteiger partial charge in [0, 0.05) is 38.8 Å². The van der Waals surface area contributed by atoms with Crippen molar-refractivity contribution in [3.05, 3.63) is 0 Å². The smallest absolute Gasteiger partial charge is 0.227 e. The second kappa shape index (κ2) is 5.57. The second-order valence-electron chi connectivity index (χ2n) is 5.99. The van der Waals surface area contributed by atoms with Crippen LogP contribution in [0.1, 0.15) is 32.1 Å². The Balaban J connectivity index is 1.52. The van der Waals surface area contributed by atoms with Crippen LogP contribution in [0.5, 0.6) is 0 Å². The number of carbonyl (C=O) groups is 1. The van der Waals surface area contributed by atoms with Crippen LogP contribution in [0.3, 0.4) is 0 Å². The molecule has 2 heterocycles. The fourth-order valence-electron chi connectivity index (χ4n) is 3.40. The summed E-state index contributed by atoms with van der Waals surface area (Å²) in [5.74, 6) is 0.649. The van der Waals surface area contributed by atoms with E-state index in [1.54, 1.807) is 0 Å². The molecule has 2 aliphatic heterocycles. The molecule has 0 radical (unpaired) electrons. The number of hydrogen-bond donors (Lipinski definition) is 1. The lowest BCUT2D eigenvalue weighted by atomic mass is 9.91. The van der Waals surface area contributed by atoms with E-state index in [0.29, 0.717) is 5.91 Å². The van der Waals surface area contributed by atoms with Gasteiger partial charge in [0.25, 0.3) is 0 Å². The van der Waals surface area contributed by atoms with E-state index in [1.807, 2.05) is 0 Å². The summed E-state index contributed by atoms with van der Waals surface area (Å²) in [5, 5.41) is 3.30. The van der Waals surface area contributed by atoms with Crippen molar-refractivity contribution >= 4 is 5.91 Å². The summed E-state index contributed by atoms with van der Waals surface area (Å²) in [4.78, 5) is 17.1. The number of nitrogens with zero attached hydrogens (tertiary/aromatic N) is 2. The summed E-state index contributed by atoms with van der Waals surface area (Å²) in [5.41, 5.74) is 0. The van der Waals surface area contributed by atoms with Crippen molar-refractivity contribution in [1.82, 2.24) is 15.1 Å². The molecular weight excluding hydrogens is 226 g/mol. The summed E-state index contributed by atoms with van der Waals surface area (Å²) in [6.07, 6.45) is 6.34. The molecule has 3 fully saturated rings. The number of hydrogen-bond acceptors (Lipinski definition) is 3. The molecule has 3 aliphatic rings. The van der Waals surface area contributed by atoms with Crippen LogP contribution < -0.4 is 5.32 Å². The first-order chi connectivity index (χ1) is 8.84. The van der Waals surface area contributed by atoms with Gasteiger partial charge in [-0.05, 0) is 32.2 Å². The fraction of sp³-hybridized carbons (Fsp3) is 0.929. The standard InChI is InChI=1S/C14H25N3O/c18-14(12-5-6-15-11-12)17-8-2-7-16(9-10-17)13-3-1-4-13/h12-13,15H,1-11H2/t12-/m1/s1. The molecule has 0 bridgehead atoms. The van der Waals surface area contributed by atoms with Gasteiger partial charge in [0.2, 0.25) is 5.91 Å². The molecule has 0 aromatic carbocycles. The van der Waals surface area contributed by atoms with Crippen molar-refractivity contribution in [1.29, 1.82) is 0 Å². The first kappa shape index (κ1) is 12.4. The highest BCUT2D eigenvalue weighted by Crippen LogP contribution is 2.25. The zero-order chi connectivity index (χ0) is 12.4. The highest BCUT2D eigenvalue weighted by molar-refractivity contribution is 5.79. The highest BCUT2D eigenvalue weighted by atomic mass is 16.2. The third kappa shape index (κ3) is 2.54. The quantitative estimate of drug-likeness (QED) is 0.784. The van der Waals surface area contributed by atoms with Gasteiger partial charge in [-0.15, -0.1) is 0 Å². The van der Waals surface area contributed by atoms with Gasteiger partial charge in [-0.2, -0.15) is 0 Å². The topological polar surface area (TPSA) is 35.6 Å². The predicted octanol–water partition coefficient (Wildman–Crippen LogP) is 0.683. The van der Waals surface area contributed by atoms with Gasteiger partial charge in [0.15, 0.2) is 0 Å². The average molecular weight is 251 g/mol. The van der Waals surface area contributed by atoms with Crippen molar-refractivity contribution < 1.29 is 4.79 Å². The number of nitrogens with one attached hydrogen (secondary N) is 1. The van der Waals surface area contributed by atoms with Crippen LogP contribution in [0.25, 0.3) is 0 Å². The van der Waals surface area contributed by atoms with Crippen LogP contribution in [-0.2, 0) is 4.79 Å². The first-order valence-electron chi connectivity index (χ1n) is 7.58. The van der Waals surface area contributed by atoms with Crippen molar-refractivity contribution in [3.63, 3.8) is 0 Å². The van der Waals surface area contributed by atoms with Crippen LogP contribution in [0.2, 0.25) is 0 Å². The van der Waals surface area contributed by atoms with E-state index in [9.17, 15) is 4.79 Å². The molecular formula is C14H25N3O. The Labute approximate surface area is 110 Å². The lowest BCUT2D eigenvalue weighted by molar-refractivity contribution is -0.134. The minimum atomic E-state index is 0.250. The van der Waals surface area contributed by atoms with Gasteiger partial charge in [0.1, 0.15) is 0 Å². The molecule has 1 amide bonds. The zero-order valence-corrected chi connectivity index (χ0v) is 11.2. The SMILES string of the molecule is O=C([C@@H]1CCNC1)N1CCCN(C2CCC2)CC1. The Morgan fingerprint density at radius 3 is 2.56 bits per heavy atom. The van der Waals surface area contributed by atoms with Crippen LogP contribution in [0.15, 0.2) is 0 Å². The van der Waals surface area contributed by atoms with Crippen molar-refractivity contribution in [3.8, 4) is 0 Å². The molecule has 4 heteroatoms. The van der Waals surface area contributed by atoms with Crippen molar-refractivity contribution in [2.24, 2.45) is 5.92 Å². The van der Waals surface area contributed by atoms with Crippen molar-refractivity contribution in [2.75, 3.05) is 39.3 Å². The Morgan fingerprint density at radius 1 is 1.00 bits per heavy atom. The fourth-order valence-corrected chi connectivity index (χ4v) is 3.40. The van der Waals surface area contributed by atoms with Gasteiger partial charge in [-0.3, -0.25) is 9.69 Å². The summed E-state index contributed by atoms with van der Waals surface area (Å²) >= 11 is 0. The molecule has 1 N–H and O–H groups in total. The van der Waals surface area contributed by atoms with E-state index < -0.39 is 0 Å². The van der Waals surface area contributed by atoms with Crippen LogP contribution in [0.4, 0.5) is 0 Å². The van der Waals surface area contributed by atoms with Gasteiger partial charge >= 0.3 is 0 Å². The minimum absolute atomic E-state index is 0.250. The minimum Gasteiger partial charge on any atom is -0.341 e. The summed E-state index contributed by atoms with van der Waals surface area (Å²) in [7, 11) is 0. The Bertz CT molecular complexity index is 297. The second-order valence-corrected chi connectivity index (χ2v) is 5.99. The van der Waals surface area contributed by atoms with Gasteiger partial charge < -0.3 is 10.2 Å². The Kier molecular flexibility index (Phi) is 3.85. The predicted molar refractivity (Wildman–Crippen MR) is 71.4 cm³/mol. The van der Waals surface area contributed by atoms with E-state index in [1.165, 1.54) is 25.8 Å². The van der Waals surface area contributed by atoms with Gasteiger partial charge in [0.05, 0.1) is 5.92 Å². The molecule has 102 valence electrons. The zero-order valence-electron chi connectivity index (χ0n) is 11.2. The molecule has 1 saturated carbocycles. The molecule has 1 aliphatic carbocycles. The van der Waals surface area contributed by atoms with Crippen LogP contribution in [-0.4, -0.2) is 61.0 Å². The van der Waals surface area contributed by atoms with E-state index in [0.717, 1.165) is 51.6 Å². The third-order valence-corrected chi connectivity index (χ3v) is 4.84. The number of carbonyl (C=O) groups excluding carboxylic acids is 1. The maximum absolute atomic E-state index is 12.4. The van der Waals surface area contributed by atoms with E-state index in [2.05, 4.69) is 15.1 Å². The molecule has 0 aromatic heterocycles. The first-order valence-corrected chi connectivity index (χ1v) is 7.58. The van der Waals surface area contributed by atoms with E-state index in [-0.39, 0.29) is 5.92 Å². The highest BCUT2D eigenvalue weighted by Gasteiger charge is 2.30. The largest absolute Gasteiger partial charge is 0.341 e.